The first kappa shape index (κ1) is 12.5. The maximum Gasteiger partial charge on any atom is 0.490 e. The number of aromatic carboxylic acids is 1. The topological polar surface area (TPSA) is 90.7 Å². The molecule has 0 bridgehead atoms. The summed E-state index contributed by atoms with van der Waals surface area (Å²) in [7, 11) is -2.37. The summed E-state index contributed by atoms with van der Waals surface area (Å²) in [6.45, 7) is 0. The zero-order chi connectivity index (χ0) is 12.5. The lowest BCUT2D eigenvalue weighted by molar-refractivity contribution is -0.140. The molecule has 5 nitrogen and oxygen atoms in total. The molecule has 0 unspecified atom stereocenters. The highest BCUT2D eigenvalue weighted by atomic mass is 19.4. The first-order valence-electron chi connectivity index (χ1n) is 3.91. The molecule has 9 heteroatoms. The van der Waals surface area contributed by atoms with Gasteiger partial charge in [0.25, 0.3) is 0 Å². The van der Waals surface area contributed by atoms with E-state index in [1.54, 1.807) is 0 Å². The van der Waals surface area contributed by atoms with Crippen LogP contribution in [0.2, 0.25) is 0 Å². The SMILES string of the molecule is O=C(O)c1ccc(B(O)O)c(C(F)(F)F)n1. The van der Waals surface area contributed by atoms with E-state index in [1.165, 1.54) is 0 Å². The van der Waals surface area contributed by atoms with Crippen molar-refractivity contribution in [3.63, 3.8) is 0 Å². The van der Waals surface area contributed by atoms with Crippen molar-refractivity contribution >= 4 is 18.6 Å². The van der Waals surface area contributed by atoms with Crippen LogP contribution in [0.25, 0.3) is 0 Å². The van der Waals surface area contributed by atoms with Gasteiger partial charge in [-0.15, -0.1) is 0 Å². The number of carboxylic acid groups (broad SMARTS) is 1. The zero-order valence-corrected chi connectivity index (χ0v) is 7.56. The van der Waals surface area contributed by atoms with Crippen molar-refractivity contribution in [2.75, 3.05) is 0 Å². The number of carboxylic acids is 1. The maximum absolute atomic E-state index is 12.4. The molecule has 0 amide bonds. The first-order chi connectivity index (χ1) is 7.23. The van der Waals surface area contributed by atoms with Gasteiger partial charge >= 0.3 is 19.3 Å². The van der Waals surface area contributed by atoms with E-state index >= 15 is 0 Å². The summed E-state index contributed by atoms with van der Waals surface area (Å²) in [5, 5.41) is 25.8. The Morgan fingerprint density at radius 2 is 1.88 bits per heavy atom. The Hall–Kier alpha value is -1.61. The number of aromatic nitrogens is 1. The predicted molar refractivity (Wildman–Crippen MR) is 46.0 cm³/mol. The minimum atomic E-state index is -4.95. The quantitative estimate of drug-likeness (QED) is 0.600. The van der Waals surface area contributed by atoms with Crippen molar-refractivity contribution in [3.8, 4) is 0 Å². The molecule has 0 saturated carbocycles. The van der Waals surface area contributed by atoms with Gasteiger partial charge in [0.2, 0.25) is 0 Å². The van der Waals surface area contributed by atoms with E-state index in [0.717, 1.165) is 6.07 Å². The van der Waals surface area contributed by atoms with Gasteiger partial charge in [-0.25, -0.2) is 9.78 Å². The summed E-state index contributed by atoms with van der Waals surface area (Å²) in [6, 6.07) is 1.41. The highest BCUT2D eigenvalue weighted by Crippen LogP contribution is 2.26. The fourth-order valence-corrected chi connectivity index (χ4v) is 1.02. The summed E-state index contributed by atoms with van der Waals surface area (Å²) < 4.78 is 37.1. The summed E-state index contributed by atoms with van der Waals surface area (Å²) in [4.78, 5) is 13.2. The molecule has 0 radical (unpaired) electrons. The summed E-state index contributed by atoms with van der Waals surface area (Å²) >= 11 is 0. The van der Waals surface area contributed by atoms with Gasteiger partial charge < -0.3 is 15.2 Å². The van der Waals surface area contributed by atoms with Crippen LogP contribution in [0.15, 0.2) is 12.1 Å². The number of halogens is 3. The summed E-state index contributed by atoms with van der Waals surface area (Å²) in [6.07, 6.45) is -4.95. The van der Waals surface area contributed by atoms with Crippen molar-refractivity contribution in [3.05, 3.63) is 23.5 Å². The van der Waals surface area contributed by atoms with Gasteiger partial charge in [-0.05, 0) is 6.07 Å². The van der Waals surface area contributed by atoms with Crippen molar-refractivity contribution in [1.82, 2.24) is 4.98 Å². The largest absolute Gasteiger partial charge is 0.490 e. The molecule has 1 rings (SSSR count). The smallest absolute Gasteiger partial charge is 0.477 e. The van der Waals surface area contributed by atoms with Crippen molar-refractivity contribution in [2.45, 2.75) is 6.18 Å². The molecule has 1 aromatic rings. The molecule has 0 aromatic carbocycles. The molecule has 0 atom stereocenters. The lowest BCUT2D eigenvalue weighted by Gasteiger charge is -2.11. The minimum Gasteiger partial charge on any atom is -0.477 e. The number of hydrogen-bond donors (Lipinski definition) is 3. The summed E-state index contributed by atoms with van der Waals surface area (Å²) in [5.74, 6) is -1.63. The number of hydrogen-bond acceptors (Lipinski definition) is 4. The third-order valence-electron chi connectivity index (χ3n) is 1.69. The van der Waals surface area contributed by atoms with Crippen molar-refractivity contribution in [1.29, 1.82) is 0 Å². The van der Waals surface area contributed by atoms with E-state index in [2.05, 4.69) is 4.98 Å². The van der Waals surface area contributed by atoms with Gasteiger partial charge in [-0.1, -0.05) is 6.07 Å². The van der Waals surface area contributed by atoms with E-state index in [0.29, 0.717) is 6.07 Å². The Balaban J connectivity index is 3.39. The average Bonchev–Trinajstić information content (AvgIpc) is 2.15. The van der Waals surface area contributed by atoms with Crippen LogP contribution in [0.5, 0.6) is 0 Å². The van der Waals surface area contributed by atoms with Gasteiger partial charge in [0.15, 0.2) is 0 Å². The van der Waals surface area contributed by atoms with E-state index < -0.39 is 36.1 Å². The monoisotopic (exact) mass is 235 g/mol. The third kappa shape index (κ3) is 2.50. The predicted octanol–water partition coefficient (Wildman–Crippen LogP) is -0.522. The molecule has 0 aliphatic rings. The van der Waals surface area contributed by atoms with E-state index in [-0.39, 0.29) is 0 Å². The fraction of sp³-hybridized carbons (Fsp3) is 0.143. The zero-order valence-electron chi connectivity index (χ0n) is 7.56. The van der Waals surface area contributed by atoms with Gasteiger partial charge in [0.1, 0.15) is 11.4 Å². The van der Waals surface area contributed by atoms with Crippen LogP contribution in [-0.4, -0.2) is 33.2 Å². The lowest BCUT2D eigenvalue weighted by Crippen LogP contribution is -2.37. The first-order valence-corrected chi connectivity index (χ1v) is 3.91. The molecular formula is C7H5BF3NO4. The van der Waals surface area contributed by atoms with E-state index in [1.807, 2.05) is 0 Å². The Morgan fingerprint density at radius 3 is 2.25 bits per heavy atom. The molecule has 3 N–H and O–H groups in total. The number of nitrogens with zero attached hydrogens (tertiary/aromatic N) is 1. The van der Waals surface area contributed by atoms with Crippen LogP contribution in [0.3, 0.4) is 0 Å². The van der Waals surface area contributed by atoms with Crippen molar-refractivity contribution in [2.24, 2.45) is 0 Å². The Labute approximate surface area is 87.3 Å². The van der Waals surface area contributed by atoms with Crippen molar-refractivity contribution < 1.29 is 33.1 Å². The Morgan fingerprint density at radius 1 is 1.31 bits per heavy atom. The molecule has 1 aromatic heterocycles. The lowest BCUT2D eigenvalue weighted by atomic mass is 9.78. The van der Waals surface area contributed by atoms with Crippen LogP contribution >= 0.6 is 0 Å². The second-order valence-electron chi connectivity index (χ2n) is 2.81. The highest BCUT2D eigenvalue weighted by Gasteiger charge is 2.38. The summed E-state index contributed by atoms with van der Waals surface area (Å²) in [5.41, 5.74) is -3.34. The van der Waals surface area contributed by atoms with Gasteiger partial charge in [0, 0.05) is 5.46 Å². The van der Waals surface area contributed by atoms with Crippen LogP contribution in [0.1, 0.15) is 16.2 Å². The van der Waals surface area contributed by atoms with Gasteiger partial charge in [-0.3, -0.25) is 0 Å². The molecule has 86 valence electrons. The van der Waals surface area contributed by atoms with Crippen LogP contribution < -0.4 is 5.46 Å². The number of carbonyl (C=O) groups is 1. The molecule has 0 saturated heterocycles. The number of pyridine rings is 1. The Kier molecular flexibility index (Phi) is 3.20. The van der Waals surface area contributed by atoms with Crippen LogP contribution in [-0.2, 0) is 6.18 Å². The molecule has 1 heterocycles. The fourth-order valence-electron chi connectivity index (χ4n) is 1.02. The maximum atomic E-state index is 12.4. The molecule has 0 spiro atoms. The van der Waals surface area contributed by atoms with Crippen LogP contribution in [0, 0.1) is 0 Å². The number of rotatable bonds is 2. The number of alkyl halides is 3. The average molecular weight is 235 g/mol. The molecule has 0 aliphatic heterocycles. The Bertz CT molecular complexity index is 421. The molecular weight excluding hydrogens is 230 g/mol. The standard InChI is InChI=1S/C7H5BF3NO4/c9-7(10,11)5-3(8(15)16)1-2-4(12-5)6(13)14/h1-2,15-16H,(H,13,14). The van der Waals surface area contributed by atoms with Gasteiger partial charge in [0.05, 0.1) is 0 Å². The molecule has 0 fully saturated rings. The third-order valence-corrected chi connectivity index (χ3v) is 1.69. The van der Waals surface area contributed by atoms with Crippen LogP contribution in [0.4, 0.5) is 13.2 Å². The van der Waals surface area contributed by atoms with E-state index in [9.17, 15) is 18.0 Å². The molecule has 0 aliphatic carbocycles. The van der Waals surface area contributed by atoms with Gasteiger partial charge in [-0.2, -0.15) is 13.2 Å². The van der Waals surface area contributed by atoms with E-state index in [4.69, 9.17) is 15.2 Å². The second-order valence-corrected chi connectivity index (χ2v) is 2.81. The minimum absolute atomic E-state index is 0.657. The molecule has 16 heavy (non-hydrogen) atoms. The second kappa shape index (κ2) is 4.10. The highest BCUT2D eigenvalue weighted by molar-refractivity contribution is 6.59. The normalized spacial score (nSPS) is 11.3.